The van der Waals surface area contributed by atoms with Gasteiger partial charge in [0.1, 0.15) is 11.1 Å². The fourth-order valence-corrected chi connectivity index (χ4v) is 2.88. The topological polar surface area (TPSA) is 115 Å². The normalized spacial score (nSPS) is 11.1. The second-order valence-electron chi connectivity index (χ2n) is 5.61. The number of carbonyl (C=O) groups excluding carboxylic acids is 3. The fourth-order valence-electron chi connectivity index (χ4n) is 2.13. The molecule has 1 aromatic carbocycles. The predicted molar refractivity (Wildman–Crippen MR) is 102 cm³/mol. The molecule has 8 nitrogen and oxygen atoms in total. The molecule has 2 aromatic rings. The summed E-state index contributed by atoms with van der Waals surface area (Å²) in [5, 5.41) is 13.6. The van der Waals surface area contributed by atoms with Crippen molar-refractivity contribution in [2.75, 3.05) is 19.0 Å². The monoisotopic (exact) mass is 402 g/mol. The highest BCUT2D eigenvalue weighted by Crippen LogP contribution is 2.28. The SMILES string of the molecule is COc1cc(C(C)=O)ccc1OCC(=O)O[C@H](C)C(=O)Nc1sccc1C#N. The Morgan fingerprint density at radius 3 is 2.64 bits per heavy atom. The summed E-state index contributed by atoms with van der Waals surface area (Å²) in [5.41, 5.74) is 0.781. The Morgan fingerprint density at radius 2 is 2.00 bits per heavy atom. The third-order valence-corrected chi connectivity index (χ3v) is 4.45. The van der Waals surface area contributed by atoms with Crippen molar-refractivity contribution in [1.29, 1.82) is 5.26 Å². The van der Waals surface area contributed by atoms with Gasteiger partial charge in [0, 0.05) is 5.56 Å². The number of esters is 1. The number of nitriles is 1. The Bertz CT molecular complexity index is 931. The number of methoxy groups -OCH3 is 1. The van der Waals surface area contributed by atoms with Gasteiger partial charge in [-0.05, 0) is 43.5 Å². The number of Topliss-reactive ketones (excluding diaryl/α,β-unsaturated/α-hetero) is 1. The summed E-state index contributed by atoms with van der Waals surface area (Å²) >= 11 is 1.20. The first-order valence-corrected chi connectivity index (χ1v) is 9.03. The molecule has 0 saturated carbocycles. The van der Waals surface area contributed by atoms with Gasteiger partial charge >= 0.3 is 5.97 Å². The molecule has 1 amide bonds. The van der Waals surface area contributed by atoms with E-state index in [1.165, 1.54) is 44.4 Å². The van der Waals surface area contributed by atoms with Gasteiger partial charge in [0.05, 0.1) is 12.7 Å². The van der Waals surface area contributed by atoms with Crippen LogP contribution in [0, 0.1) is 11.3 Å². The van der Waals surface area contributed by atoms with Crippen molar-refractivity contribution in [1.82, 2.24) is 0 Å². The van der Waals surface area contributed by atoms with E-state index >= 15 is 0 Å². The van der Waals surface area contributed by atoms with E-state index in [1.807, 2.05) is 6.07 Å². The van der Waals surface area contributed by atoms with E-state index in [9.17, 15) is 14.4 Å². The van der Waals surface area contributed by atoms with Crippen LogP contribution in [-0.2, 0) is 14.3 Å². The molecule has 0 spiro atoms. The summed E-state index contributed by atoms with van der Waals surface area (Å²) in [6, 6.07) is 8.11. The van der Waals surface area contributed by atoms with Gasteiger partial charge in [-0.2, -0.15) is 5.26 Å². The summed E-state index contributed by atoms with van der Waals surface area (Å²) < 4.78 is 15.6. The first-order chi connectivity index (χ1) is 13.3. The Balaban J connectivity index is 1.90. The highest BCUT2D eigenvalue weighted by molar-refractivity contribution is 7.14. The maximum atomic E-state index is 12.1. The quantitative estimate of drug-likeness (QED) is 0.533. The molecular formula is C19H18N2O6S. The number of hydrogen-bond donors (Lipinski definition) is 1. The molecule has 1 atom stereocenters. The number of anilines is 1. The molecule has 0 unspecified atom stereocenters. The molecule has 146 valence electrons. The van der Waals surface area contributed by atoms with Crippen LogP contribution >= 0.6 is 11.3 Å². The smallest absolute Gasteiger partial charge is 0.344 e. The Hall–Kier alpha value is -3.38. The van der Waals surface area contributed by atoms with Gasteiger partial charge in [-0.1, -0.05) is 0 Å². The van der Waals surface area contributed by atoms with Crippen LogP contribution in [0.25, 0.3) is 0 Å². The number of thiophene rings is 1. The predicted octanol–water partition coefficient (Wildman–Crippen LogP) is 2.78. The summed E-state index contributed by atoms with van der Waals surface area (Å²) in [6.07, 6.45) is -1.08. The van der Waals surface area contributed by atoms with E-state index in [2.05, 4.69) is 5.32 Å². The lowest BCUT2D eigenvalue weighted by Crippen LogP contribution is -2.31. The number of benzene rings is 1. The van der Waals surface area contributed by atoms with E-state index in [1.54, 1.807) is 17.5 Å². The first-order valence-electron chi connectivity index (χ1n) is 8.15. The van der Waals surface area contributed by atoms with E-state index in [4.69, 9.17) is 19.5 Å². The molecule has 9 heteroatoms. The van der Waals surface area contributed by atoms with Crippen molar-refractivity contribution in [3.63, 3.8) is 0 Å². The van der Waals surface area contributed by atoms with Crippen LogP contribution in [0.5, 0.6) is 11.5 Å². The molecular weight excluding hydrogens is 384 g/mol. The minimum atomic E-state index is -1.08. The average Bonchev–Trinajstić information content (AvgIpc) is 3.12. The highest BCUT2D eigenvalue weighted by Gasteiger charge is 2.20. The highest BCUT2D eigenvalue weighted by atomic mass is 32.1. The summed E-state index contributed by atoms with van der Waals surface area (Å²) in [4.78, 5) is 35.5. The zero-order valence-corrected chi connectivity index (χ0v) is 16.3. The number of ketones is 1. The molecule has 1 heterocycles. The van der Waals surface area contributed by atoms with Crippen LogP contribution in [0.3, 0.4) is 0 Å². The Kier molecular flexibility index (Phi) is 7.12. The molecule has 1 aromatic heterocycles. The van der Waals surface area contributed by atoms with Crippen molar-refractivity contribution < 1.29 is 28.6 Å². The van der Waals surface area contributed by atoms with Crippen molar-refractivity contribution >= 4 is 34.0 Å². The maximum absolute atomic E-state index is 12.1. The second-order valence-corrected chi connectivity index (χ2v) is 6.52. The second kappa shape index (κ2) is 9.53. The summed E-state index contributed by atoms with van der Waals surface area (Å²) in [7, 11) is 1.41. The van der Waals surface area contributed by atoms with Gasteiger partial charge in [-0.15, -0.1) is 11.3 Å². The molecule has 2 rings (SSSR count). The van der Waals surface area contributed by atoms with Crippen molar-refractivity contribution in [3.05, 3.63) is 40.8 Å². The van der Waals surface area contributed by atoms with Gasteiger partial charge in [-0.3, -0.25) is 9.59 Å². The zero-order valence-electron chi connectivity index (χ0n) is 15.5. The Labute approximate surface area is 165 Å². The molecule has 1 N–H and O–H groups in total. The standard InChI is InChI=1S/C19H18N2O6S/c1-11(22)13-4-5-15(16(8-13)25-3)26-10-17(23)27-12(2)18(24)21-19-14(9-20)6-7-28-19/h4-8,12H,10H2,1-3H3,(H,21,24)/t12-/m1/s1. The van der Waals surface area contributed by atoms with Gasteiger partial charge in [0.2, 0.25) is 0 Å². The molecule has 0 aliphatic rings. The number of ether oxygens (including phenoxy) is 3. The molecule has 0 aliphatic carbocycles. The minimum absolute atomic E-state index is 0.130. The van der Waals surface area contributed by atoms with Crippen LogP contribution in [0.15, 0.2) is 29.6 Å². The van der Waals surface area contributed by atoms with Crippen molar-refractivity contribution in [2.24, 2.45) is 0 Å². The number of nitrogens with zero attached hydrogens (tertiary/aromatic N) is 1. The molecule has 0 bridgehead atoms. The largest absolute Gasteiger partial charge is 0.493 e. The van der Waals surface area contributed by atoms with Crippen LogP contribution < -0.4 is 14.8 Å². The Morgan fingerprint density at radius 1 is 1.25 bits per heavy atom. The van der Waals surface area contributed by atoms with Gasteiger partial charge in [-0.25, -0.2) is 4.79 Å². The van der Waals surface area contributed by atoms with E-state index in [-0.39, 0.29) is 11.5 Å². The fraction of sp³-hybridized carbons (Fsp3) is 0.263. The number of nitrogens with one attached hydrogen (secondary N) is 1. The maximum Gasteiger partial charge on any atom is 0.344 e. The lowest BCUT2D eigenvalue weighted by molar-refractivity contribution is -0.155. The van der Waals surface area contributed by atoms with Crippen molar-refractivity contribution in [2.45, 2.75) is 20.0 Å². The molecule has 28 heavy (non-hydrogen) atoms. The van der Waals surface area contributed by atoms with Crippen LogP contribution in [0.2, 0.25) is 0 Å². The van der Waals surface area contributed by atoms with Crippen LogP contribution in [0.4, 0.5) is 5.00 Å². The lowest BCUT2D eigenvalue weighted by atomic mass is 10.1. The number of carbonyl (C=O) groups is 3. The first kappa shape index (κ1) is 20.9. The van der Waals surface area contributed by atoms with E-state index in [0.717, 1.165) is 0 Å². The van der Waals surface area contributed by atoms with Crippen LogP contribution in [-0.4, -0.2) is 37.5 Å². The summed E-state index contributed by atoms with van der Waals surface area (Å²) in [5.74, 6) is -0.885. The minimum Gasteiger partial charge on any atom is -0.493 e. The molecule has 0 saturated heterocycles. The molecule has 0 aliphatic heterocycles. The van der Waals surface area contributed by atoms with E-state index < -0.39 is 24.6 Å². The third kappa shape index (κ3) is 5.31. The molecule has 0 radical (unpaired) electrons. The lowest BCUT2D eigenvalue weighted by Gasteiger charge is -2.14. The van der Waals surface area contributed by atoms with Crippen molar-refractivity contribution in [3.8, 4) is 17.6 Å². The third-order valence-electron chi connectivity index (χ3n) is 3.62. The van der Waals surface area contributed by atoms with Gasteiger partial charge in [0.15, 0.2) is 30.0 Å². The number of amides is 1. The zero-order chi connectivity index (χ0) is 20.7. The summed E-state index contributed by atoms with van der Waals surface area (Å²) in [6.45, 7) is 2.39. The van der Waals surface area contributed by atoms with E-state index in [0.29, 0.717) is 21.9 Å². The van der Waals surface area contributed by atoms with Gasteiger partial charge in [0.25, 0.3) is 5.91 Å². The average molecular weight is 402 g/mol. The molecule has 0 fully saturated rings. The van der Waals surface area contributed by atoms with Crippen LogP contribution in [0.1, 0.15) is 29.8 Å². The van der Waals surface area contributed by atoms with Gasteiger partial charge < -0.3 is 19.5 Å². The number of rotatable bonds is 8. The number of hydrogen-bond acceptors (Lipinski definition) is 8.